The molecule has 4 heterocycles. The average molecular weight is 773 g/mol. The third kappa shape index (κ3) is 5.27. The van der Waals surface area contributed by atoms with E-state index in [2.05, 4.69) is 119 Å². The molecule has 0 fully saturated rings. The monoisotopic (exact) mass is 774 g/mol. The summed E-state index contributed by atoms with van der Waals surface area (Å²) in [6.07, 6.45) is 0. The molecule has 0 aliphatic heterocycles. The van der Waals surface area contributed by atoms with Crippen molar-refractivity contribution in [2.75, 3.05) is 0 Å². The third-order valence-electron chi connectivity index (χ3n) is 14.1. The summed E-state index contributed by atoms with van der Waals surface area (Å²) in [5.41, 5.74) is 22.5. The summed E-state index contributed by atoms with van der Waals surface area (Å²) in [7, 11) is 22.6. The number of furan rings is 2. The number of nitrogens with zero attached hydrogens (tertiary/aromatic N) is 4. The summed E-state index contributed by atoms with van der Waals surface area (Å²) in [5.74, 6) is 1.84. The molecule has 0 unspecified atom stereocenters. The normalized spacial score (nSPS) is 11.9. The van der Waals surface area contributed by atoms with Crippen LogP contribution >= 0.6 is 0 Å². The summed E-state index contributed by atoms with van der Waals surface area (Å²) in [5, 5.41) is 6.97. The van der Waals surface area contributed by atoms with Gasteiger partial charge in [0.15, 0.2) is 17.5 Å². The van der Waals surface area contributed by atoms with Gasteiger partial charge in [0.1, 0.15) is 101 Å². The predicted octanol–water partition coefficient (Wildman–Crippen LogP) is -5.65. The van der Waals surface area contributed by atoms with E-state index < -0.39 is 0 Å². The Kier molecular flexibility index (Phi) is 8.35. The Bertz CT molecular complexity index is 3660. The zero-order valence-electron chi connectivity index (χ0n) is 36.3. The van der Waals surface area contributed by atoms with Crippen LogP contribution in [-0.2, 0) is 0 Å². The van der Waals surface area contributed by atoms with Gasteiger partial charge in [-0.15, -0.1) is 10.9 Å². The minimum absolute atomic E-state index is 0.589. The van der Waals surface area contributed by atoms with E-state index in [4.69, 9.17) is 23.8 Å². The highest BCUT2D eigenvalue weighted by Crippen LogP contribution is 2.41. The predicted molar refractivity (Wildman–Crippen MR) is 287 cm³/mol. The van der Waals surface area contributed by atoms with Gasteiger partial charge in [0, 0.05) is 43.8 Å². The smallest absolute Gasteiger partial charge is 0.164 e. The second-order valence-corrected chi connectivity index (χ2v) is 17.0. The molecule has 4 aromatic heterocycles. The first kappa shape index (κ1) is 37.6. The molecule has 278 valence electrons. The first-order valence-electron chi connectivity index (χ1n) is 21.1. The Balaban J connectivity index is 1.21. The molecule has 0 aliphatic carbocycles. The number of fused-ring (bicyclic) bond motifs is 10. The van der Waals surface area contributed by atoms with Gasteiger partial charge in [-0.25, -0.2) is 15.0 Å². The van der Waals surface area contributed by atoms with Gasteiger partial charge in [0.2, 0.25) is 0 Å². The molecule has 0 saturated carbocycles. The highest BCUT2D eigenvalue weighted by atomic mass is 16.3. The fourth-order valence-corrected chi connectivity index (χ4v) is 9.98. The van der Waals surface area contributed by atoms with E-state index in [-0.39, 0.29) is 0 Å². The minimum Gasteiger partial charge on any atom is -0.456 e. The number of benzene rings is 7. The number of hydrogen-bond donors (Lipinski definition) is 0. The van der Waals surface area contributed by atoms with Gasteiger partial charge in [-0.1, -0.05) is 116 Å². The van der Waals surface area contributed by atoms with E-state index in [1.807, 2.05) is 60.7 Å². The van der Waals surface area contributed by atoms with E-state index in [0.717, 1.165) is 55.5 Å². The Labute approximate surface area is 362 Å². The maximum atomic E-state index is 7.19. The molecule has 16 heteroatoms. The quantitative estimate of drug-likeness (QED) is 0.167. The Hall–Kier alpha value is -6.40. The van der Waals surface area contributed by atoms with E-state index >= 15 is 0 Å². The lowest BCUT2D eigenvalue weighted by Gasteiger charge is -2.17. The van der Waals surface area contributed by atoms with Gasteiger partial charge in [0.25, 0.3) is 0 Å². The molecule has 0 radical (unpaired) electrons. The lowest BCUT2D eigenvalue weighted by Crippen LogP contribution is -2.48. The molecular formula is C45H36B10N4O2. The molecule has 61 heavy (non-hydrogen) atoms. The van der Waals surface area contributed by atoms with E-state index in [0.29, 0.717) is 17.5 Å². The lowest BCUT2D eigenvalue weighted by atomic mass is 9.64. The molecule has 11 aromatic rings. The average Bonchev–Trinajstić information content (AvgIpc) is 3.99. The van der Waals surface area contributed by atoms with Gasteiger partial charge in [-0.3, -0.25) is 0 Å². The SMILES string of the molecule is Bc1c(B)c(B)c2c(oc3c2c(B)c(B)c2c3c3c(B)c(B)c(B)c(B)c3n2-c2cccc3oc4cc(-c5nc(-c6ccccc6)nc(-c6ccccc6)n5)ccc4c23)c1B. The van der Waals surface area contributed by atoms with Crippen molar-refractivity contribution in [1.29, 1.82) is 0 Å². The highest BCUT2D eigenvalue weighted by Gasteiger charge is 2.28. The second kappa shape index (κ2) is 13.6. The van der Waals surface area contributed by atoms with Gasteiger partial charge in [-0.05, 0) is 24.3 Å². The molecule has 0 spiro atoms. The van der Waals surface area contributed by atoms with Crippen molar-refractivity contribution in [1.82, 2.24) is 19.5 Å². The molecule has 11 rings (SSSR count). The van der Waals surface area contributed by atoms with Gasteiger partial charge < -0.3 is 13.4 Å². The van der Waals surface area contributed by atoms with Crippen LogP contribution in [-0.4, -0.2) is 98.0 Å². The van der Waals surface area contributed by atoms with Crippen molar-refractivity contribution >= 4 is 199 Å². The fraction of sp³-hybridized carbons (Fsp3) is 0. The van der Waals surface area contributed by atoms with Crippen molar-refractivity contribution in [2.45, 2.75) is 0 Å². The van der Waals surface area contributed by atoms with Gasteiger partial charge in [-0.2, -0.15) is 0 Å². The first-order chi connectivity index (χ1) is 29.4. The zero-order valence-corrected chi connectivity index (χ0v) is 36.3. The molecular weight excluding hydrogens is 737 g/mol. The van der Waals surface area contributed by atoms with Gasteiger partial charge >= 0.3 is 0 Å². The Morgan fingerprint density at radius 1 is 0.361 bits per heavy atom. The summed E-state index contributed by atoms with van der Waals surface area (Å²) in [4.78, 5) is 15.0. The molecule has 6 nitrogen and oxygen atoms in total. The van der Waals surface area contributed by atoms with Crippen LogP contribution in [0.15, 0.2) is 106 Å². The first-order valence-corrected chi connectivity index (χ1v) is 21.1. The van der Waals surface area contributed by atoms with Crippen LogP contribution in [0, 0.1) is 0 Å². The molecule has 0 amide bonds. The third-order valence-corrected chi connectivity index (χ3v) is 14.1. The van der Waals surface area contributed by atoms with Crippen LogP contribution in [0.3, 0.4) is 0 Å². The zero-order chi connectivity index (χ0) is 42.2. The number of aromatic nitrogens is 4. The minimum atomic E-state index is 0.589. The second-order valence-electron chi connectivity index (χ2n) is 17.0. The lowest BCUT2D eigenvalue weighted by molar-refractivity contribution is 0.669. The molecule has 0 aliphatic rings. The topological polar surface area (TPSA) is 69.9 Å². The molecule has 7 aromatic carbocycles. The van der Waals surface area contributed by atoms with Gasteiger partial charge in [0.05, 0.1) is 22.0 Å². The standard InChI is InChI=1S/C45H36B10N4O2/c46-29-25-28-40(36(53)31(48)26-27-30(47)33(50)35(52)38(55)42(27)61-41(26)28)59(39(25)37(54)34(51)32(29)49)21-12-7-13-22-24(21)20-15-14-19(16-23(20)60-22)45-57-43(17-8-3-1-4-9-17)56-44(58-45)18-10-5-2-6-11-18/h1-16H,46-55H2. The van der Waals surface area contributed by atoms with Crippen molar-refractivity contribution in [3.63, 3.8) is 0 Å². The van der Waals surface area contributed by atoms with Crippen LogP contribution in [0.5, 0.6) is 0 Å². The molecule has 0 atom stereocenters. The Morgan fingerprint density at radius 2 is 0.869 bits per heavy atom. The molecule has 0 saturated heterocycles. The van der Waals surface area contributed by atoms with Crippen LogP contribution < -0.4 is 54.6 Å². The molecule has 0 N–H and O–H groups in total. The van der Waals surface area contributed by atoms with E-state index in [9.17, 15) is 0 Å². The van der Waals surface area contributed by atoms with Crippen LogP contribution in [0.25, 0.3) is 106 Å². The summed E-state index contributed by atoms with van der Waals surface area (Å²) < 4.78 is 16.5. The summed E-state index contributed by atoms with van der Waals surface area (Å²) in [6, 6.07) is 33.0. The number of hydrogen-bond acceptors (Lipinski definition) is 5. The Morgan fingerprint density at radius 3 is 1.51 bits per heavy atom. The van der Waals surface area contributed by atoms with Crippen molar-refractivity contribution in [2.24, 2.45) is 0 Å². The van der Waals surface area contributed by atoms with Crippen molar-refractivity contribution < 1.29 is 8.83 Å². The summed E-state index contributed by atoms with van der Waals surface area (Å²) >= 11 is 0. The van der Waals surface area contributed by atoms with Crippen LogP contribution in [0.1, 0.15) is 0 Å². The largest absolute Gasteiger partial charge is 0.456 e. The van der Waals surface area contributed by atoms with Crippen LogP contribution in [0.2, 0.25) is 0 Å². The number of rotatable bonds is 4. The molecule has 0 bridgehead atoms. The van der Waals surface area contributed by atoms with E-state index in [1.54, 1.807) is 0 Å². The van der Waals surface area contributed by atoms with Crippen molar-refractivity contribution in [3.8, 4) is 39.9 Å². The summed E-state index contributed by atoms with van der Waals surface area (Å²) in [6.45, 7) is 0. The van der Waals surface area contributed by atoms with E-state index in [1.165, 1.54) is 87.2 Å². The van der Waals surface area contributed by atoms with Crippen LogP contribution in [0.4, 0.5) is 0 Å². The van der Waals surface area contributed by atoms with Crippen molar-refractivity contribution in [3.05, 3.63) is 97.1 Å². The highest BCUT2D eigenvalue weighted by molar-refractivity contribution is 6.71. The maximum absolute atomic E-state index is 7.19. The maximum Gasteiger partial charge on any atom is 0.164 e. The fourth-order valence-electron chi connectivity index (χ4n) is 9.98.